The van der Waals surface area contributed by atoms with Crippen LogP contribution in [0.15, 0.2) is 40.8 Å². The van der Waals surface area contributed by atoms with E-state index in [2.05, 4.69) is 10.3 Å². The predicted octanol–water partition coefficient (Wildman–Crippen LogP) is 2.39. The van der Waals surface area contributed by atoms with Gasteiger partial charge in [0.25, 0.3) is 6.01 Å². The summed E-state index contributed by atoms with van der Waals surface area (Å²) in [5, 5.41) is 13.9. The van der Waals surface area contributed by atoms with Gasteiger partial charge in [-0.3, -0.25) is 0 Å². The number of hydrogen-bond acceptors (Lipinski definition) is 4. The Bertz CT molecular complexity index is 608. The number of hydrogen-bond donors (Lipinski definition) is 2. The van der Waals surface area contributed by atoms with Gasteiger partial charge in [0.05, 0.1) is 6.61 Å². The Hall–Kier alpha value is -2.07. The second kappa shape index (κ2) is 4.07. The molecule has 4 heteroatoms. The predicted molar refractivity (Wildman–Crippen MR) is 67.1 cm³/mol. The molecule has 0 aliphatic heterocycles. The minimum absolute atomic E-state index is 0.0563. The summed E-state index contributed by atoms with van der Waals surface area (Å²) in [5.41, 5.74) is 1.58. The summed E-state index contributed by atoms with van der Waals surface area (Å²) in [6.45, 7) is 0.493. The van der Waals surface area contributed by atoms with Crippen LogP contribution in [0.25, 0.3) is 21.9 Å². The maximum absolute atomic E-state index is 8.72. The molecule has 1 heterocycles. The molecule has 3 aromatic rings. The van der Waals surface area contributed by atoms with Gasteiger partial charge in [-0.15, -0.1) is 0 Å². The average Bonchev–Trinajstić information content (AvgIpc) is 2.75. The highest BCUT2D eigenvalue weighted by Crippen LogP contribution is 2.24. The number of aromatic nitrogens is 1. The average molecular weight is 228 g/mol. The quantitative estimate of drug-likeness (QED) is 0.722. The Balaban J connectivity index is 2.11. The molecule has 4 nitrogen and oxygen atoms in total. The molecule has 2 aromatic carbocycles. The SMILES string of the molecule is OCCNc1nc2cc3ccccc3cc2o1. The molecule has 0 spiro atoms. The van der Waals surface area contributed by atoms with Gasteiger partial charge in [-0.2, -0.15) is 4.98 Å². The number of rotatable bonds is 3. The molecule has 0 bridgehead atoms. The van der Waals surface area contributed by atoms with Crippen LogP contribution >= 0.6 is 0 Å². The number of fused-ring (bicyclic) bond motifs is 2. The highest BCUT2D eigenvalue weighted by Gasteiger charge is 2.06. The van der Waals surface area contributed by atoms with E-state index in [1.165, 1.54) is 0 Å². The first-order chi connectivity index (χ1) is 8.36. The Morgan fingerprint density at radius 1 is 1.18 bits per heavy atom. The molecule has 0 unspecified atom stereocenters. The lowest BCUT2D eigenvalue weighted by Crippen LogP contribution is -2.05. The molecule has 0 atom stereocenters. The third-order valence-corrected chi connectivity index (χ3v) is 2.64. The smallest absolute Gasteiger partial charge is 0.295 e. The van der Waals surface area contributed by atoms with Crippen molar-refractivity contribution in [2.24, 2.45) is 0 Å². The van der Waals surface area contributed by atoms with Gasteiger partial charge in [0.15, 0.2) is 5.58 Å². The number of aliphatic hydroxyl groups is 1. The molecular formula is C13H12N2O2. The second-order valence-corrected chi connectivity index (χ2v) is 3.84. The normalized spacial score (nSPS) is 11.1. The van der Waals surface area contributed by atoms with Crippen LogP contribution in [0, 0.1) is 0 Å². The van der Waals surface area contributed by atoms with Gasteiger partial charge in [-0.1, -0.05) is 24.3 Å². The van der Waals surface area contributed by atoms with Crippen molar-refractivity contribution in [1.82, 2.24) is 4.98 Å². The highest BCUT2D eigenvalue weighted by molar-refractivity contribution is 5.94. The summed E-state index contributed by atoms with van der Waals surface area (Å²) in [7, 11) is 0. The van der Waals surface area contributed by atoms with Crippen molar-refractivity contribution < 1.29 is 9.52 Å². The lowest BCUT2D eigenvalue weighted by Gasteiger charge is -1.95. The Labute approximate surface area is 97.9 Å². The Kier molecular flexibility index (Phi) is 2.42. The zero-order valence-corrected chi connectivity index (χ0v) is 9.18. The van der Waals surface area contributed by atoms with Crippen LogP contribution < -0.4 is 5.32 Å². The van der Waals surface area contributed by atoms with Crippen LogP contribution in [0.2, 0.25) is 0 Å². The lowest BCUT2D eigenvalue weighted by molar-refractivity contribution is 0.310. The summed E-state index contributed by atoms with van der Waals surface area (Å²) < 4.78 is 5.54. The number of benzene rings is 2. The van der Waals surface area contributed by atoms with E-state index < -0.39 is 0 Å². The van der Waals surface area contributed by atoms with Gasteiger partial charge in [-0.25, -0.2) is 0 Å². The van der Waals surface area contributed by atoms with Crippen LogP contribution in [-0.2, 0) is 0 Å². The van der Waals surface area contributed by atoms with E-state index >= 15 is 0 Å². The molecule has 86 valence electrons. The number of aliphatic hydroxyl groups excluding tert-OH is 1. The molecule has 0 fully saturated rings. The molecule has 0 aliphatic rings. The van der Waals surface area contributed by atoms with Crippen LogP contribution in [0.5, 0.6) is 0 Å². The Morgan fingerprint density at radius 3 is 2.71 bits per heavy atom. The summed E-state index contributed by atoms with van der Waals surface area (Å²) >= 11 is 0. The molecule has 0 aliphatic carbocycles. The van der Waals surface area contributed by atoms with Gasteiger partial charge < -0.3 is 14.8 Å². The first-order valence-corrected chi connectivity index (χ1v) is 5.51. The minimum Gasteiger partial charge on any atom is -0.424 e. The fourth-order valence-electron chi connectivity index (χ4n) is 1.85. The van der Waals surface area contributed by atoms with E-state index in [0.717, 1.165) is 21.9 Å². The molecule has 0 radical (unpaired) electrons. The van der Waals surface area contributed by atoms with E-state index in [-0.39, 0.29) is 6.61 Å². The van der Waals surface area contributed by atoms with Crippen molar-refractivity contribution in [3.63, 3.8) is 0 Å². The van der Waals surface area contributed by atoms with E-state index in [9.17, 15) is 0 Å². The zero-order chi connectivity index (χ0) is 11.7. The molecule has 0 saturated carbocycles. The first-order valence-electron chi connectivity index (χ1n) is 5.51. The van der Waals surface area contributed by atoms with Crippen molar-refractivity contribution in [2.75, 3.05) is 18.5 Å². The topological polar surface area (TPSA) is 58.3 Å². The lowest BCUT2D eigenvalue weighted by atomic mass is 10.1. The summed E-state index contributed by atoms with van der Waals surface area (Å²) in [6, 6.07) is 12.5. The van der Waals surface area contributed by atoms with Crippen molar-refractivity contribution in [1.29, 1.82) is 0 Å². The molecular weight excluding hydrogens is 216 g/mol. The number of anilines is 1. The van der Waals surface area contributed by atoms with E-state index in [4.69, 9.17) is 9.52 Å². The maximum atomic E-state index is 8.72. The van der Waals surface area contributed by atoms with Crippen molar-refractivity contribution >= 4 is 27.9 Å². The largest absolute Gasteiger partial charge is 0.424 e. The van der Waals surface area contributed by atoms with Gasteiger partial charge in [0, 0.05) is 6.54 Å². The minimum atomic E-state index is 0.0563. The molecule has 1 aromatic heterocycles. The third kappa shape index (κ3) is 1.83. The van der Waals surface area contributed by atoms with E-state index in [0.29, 0.717) is 12.6 Å². The molecule has 3 rings (SSSR count). The van der Waals surface area contributed by atoms with Crippen LogP contribution in [0.3, 0.4) is 0 Å². The molecule has 0 saturated heterocycles. The van der Waals surface area contributed by atoms with Gasteiger partial charge in [-0.05, 0) is 22.9 Å². The zero-order valence-electron chi connectivity index (χ0n) is 9.18. The number of nitrogens with one attached hydrogen (secondary N) is 1. The fraction of sp³-hybridized carbons (Fsp3) is 0.154. The number of nitrogens with zero attached hydrogens (tertiary/aromatic N) is 1. The monoisotopic (exact) mass is 228 g/mol. The molecule has 0 amide bonds. The summed E-state index contributed by atoms with van der Waals surface area (Å²) in [4.78, 5) is 4.31. The Morgan fingerprint density at radius 2 is 1.94 bits per heavy atom. The molecule has 17 heavy (non-hydrogen) atoms. The third-order valence-electron chi connectivity index (χ3n) is 2.64. The van der Waals surface area contributed by atoms with Gasteiger partial charge in [0.1, 0.15) is 5.52 Å². The van der Waals surface area contributed by atoms with Crippen LogP contribution in [0.4, 0.5) is 6.01 Å². The van der Waals surface area contributed by atoms with Crippen molar-refractivity contribution in [3.8, 4) is 0 Å². The van der Waals surface area contributed by atoms with Gasteiger partial charge in [0.2, 0.25) is 0 Å². The summed E-state index contributed by atoms with van der Waals surface area (Å²) in [6.07, 6.45) is 0. The number of oxazole rings is 1. The summed E-state index contributed by atoms with van der Waals surface area (Å²) in [5.74, 6) is 0. The van der Waals surface area contributed by atoms with Crippen molar-refractivity contribution in [3.05, 3.63) is 36.4 Å². The van der Waals surface area contributed by atoms with Gasteiger partial charge >= 0.3 is 0 Å². The van der Waals surface area contributed by atoms with E-state index in [1.54, 1.807) is 0 Å². The molecule has 2 N–H and O–H groups in total. The first kappa shape index (κ1) is 10.1. The van der Waals surface area contributed by atoms with Crippen LogP contribution in [0.1, 0.15) is 0 Å². The highest BCUT2D eigenvalue weighted by atomic mass is 16.4. The van der Waals surface area contributed by atoms with Crippen molar-refractivity contribution in [2.45, 2.75) is 0 Å². The van der Waals surface area contributed by atoms with Crippen LogP contribution in [-0.4, -0.2) is 23.2 Å². The standard InChI is InChI=1S/C13H12N2O2/c16-6-5-14-13-15-11-7-9-3-1-2-4-10(9)8-12(11)17-13/h1-4,7-8,16H,5-6H2,(H,14,15). The maximum Gasteiger partial charge on any atom is 0.295 e. The second-order valence-electron chi connectivity index (χ2n) is 3.84. The van der Waals surface area contributed by atoms with E-state index in [1.807, 2.05) is 36.4 Å². The fourth-order valence-corrected chi connectivity index (χ4v) is 1.85.